The molecule has 188 valence electrons. The number of aromatic nitrogens is 2. The van der Waals surface area contributed by atoms with Crippen LogP contribution >= 0.6 is 0 Å². The van der Waals surface area contributed by atoms with Gasteiger partial charge in [-0.05, 0) is 45.9 Å². The van der Waals surface area contributed by atoms with E-state index >= 15 is 0 Å². The molecule has 35 heavy (non-hydrogen) atoms. The van der Waals surface area contributed by atoms with Crippen molar-refractivity contribution in [1.82, 2.24) is 14.9 Å². The summed E-state index contributed by atoms with van der Waals surface area (Å²) in [6.07, 6.45) is -1.01. The van der Waals surface area contributed by atoms with E-state index in [4.69, 9.17) is 4.74 Å². The third kappa shape index (κ3) is 4.08. The second kappa shape index (κ2) is 8.42. The molecule has 1 unspecified atom stereocenters. The van der Waals surface area contributed by atoms with Gasteiger partial charge in [-0.25, -0.2) is 4.79 Å². The Morgan fingerprint density at radius 1 is 1.11 bits per heavy atom. The number of β-amino-alcohol motifs (C(OH)–C–C–N with tert-alkyl or cyclic N) is 1. The van der Waals surface area contributed by atoms with E-state index < -0.39 is 22.6 Å². The second-order valence-corrected chi connectivity index (χ2v) is 10.7. The van der Waals surface area contributed by atoms with Crippen LogP contribution in [-0.2, 0) is 10.3 Å². The summed E-state index contributed by atoms with van der Waals surface area (Å²) in [5, 5.41) is 27.3. The van der Waals surface area contributed by atoms with Gasteiger partial charge in [-0.1, -0.05) is 26.0 Å². The van der Waals surface area contributed by atoms with Gasteiger partial charge in [0, 0.05) is 29.1 Å². The average Bonchev–Trinajstić information content (AvgIpc) is 3.12. The summed E-state index contributed by atoms with van der Waals surface area (Å²) in [6, 6.07) is 10.5. The van der Waals surface area contributed by atoms with Crippen molar-refractivity contribution in [1.29, 1.82) is 0 Å². The summed E-state index contributed by atoms with van der Waals surface area (Å²) >= 11 is 0. The highest BCUT2D eigenvalue weighted by Crippen LogP contribution is 2.46. The maximum Gasteiger partial charge on any atom is 0.326 e. The summed E-state index contributed by atoms with van der Waals surface area (Å²) in [7, 11) is 0. The van der Waals surface area contributed by atoms with Gasteiger partial charge in [-0.3, -0.25) is 9.36 Å². The number of rotatable bonds is 7. The molecule has 0 radical (unpaired) electrons. The zero-order valence-electron chi connectivity index (χ0n) is 21.0. The predicted molar refractivity (Wildman–Crippen MR) is 135 cm³/mol. The Balaban J connectivity index is 1.61. The molecule has 0 saturated heterocycles. The molecular formula is C26H34N4O5. The predicted octanol–water partition coefficient (Wildman–Crippen LogP) is 3.23. The molecule has 2 aromatic carbocycles. The molecule has 9 heteroatoms. The summed E-state index contributed by atoms with van der Waals surface area (Å²) in [5.74, 6) is -0.0539. The Hall–Kier alpha value is -3.30. The number of fused-ring (bicyclic) bond motifs is 2. The first kappa shape index (κ1) is 24.8. The smallest absolute Gasteiger partial charge is 0.326 e. The largest absolute Gasteiger partial charge is 0.508 e. The number of hydrogen-bond acceptors (Lipinski definition) is 6. The third-order valence-corrected chi connectivity index (χ3v) is 8.06. The molecule has 1 aromatic heterocycles. The number of hydrogen-bond donors (Lipinski definition) is 5. The fourth-order valence-corrected chi connectivity index (χ4v) is 4.80. The van der Waals surface area contributed by atoms with Gasteiger partial charge in [0.2, 0.25) is 0 Å². The molecule has 1 aliphatic rings. The first-order chi connectivity index (χ1) is 16.3. The van der Waals surface area contributed by atoms with E-state index in [-0.39, 0.29) is 30.5 Å². The first-order valence-corrected chi connectivity index (χ1v) is 11.7. The van der Waals surface area contributed by atoms with Gasteiger partial charge in [-0.15, -0.1) is 0 Å². The maximum absolute atomic E-state index is 13.0. The summed E-state index contributed by atoms with van der Waals surface area (Å²) in [6.45, 7) is 12.3. The number of anilines is 1. The Labute approximate surface area is 204 Å². The molecule has 3 aromatic rings. The molecular weight excluding hydrogens is 448 g/mol. The number of para-hydroxylation sites is 2. The van der Waals surface area contributed by atoms with Crippen LogP contribution in [0.15, 0.2) is 41.2 Å². The molecule has 9 nitrogen and oxygen atoms in total. The lowest BCUT2D eigenvalue weighted by Crippen LogP contribution is -2.62. The van der Waals surface area contributed by atoms with Gasteiger partial charge >= 0.3 is 5.69 Å². The minimum Gasteiger partial charge on any atom is -0.508 e. The molecule has 4 rings (SSSR count). The molecule has 1 aliphatic heterocycles. The molecule has 0 spiro atoms. The number of carbonyl (C=O) groups excluding carboxylic acids is 1. The van der Waals surface area contributed by atoms with Crippen LogP contribution in [0.3, 0.4) is 0 Å². The van der Waals surface area contributed by atoms with Crippen molar-refractivity contribution in [3.8, 4) is 11.5 Å². The highest BCUT2D eigenvalue weighted by Gasteiger charge is 2.50. The highest BCUT2D eigenvalue weighted by molar-refractivity contribution is 5.96. The summed E-state index contributed by atoms with van der Waals surface area (Å²) in [4.78, 5) is 27.6. The molecule has 0 bridgehead atoms. The fourth-order valence-electron chi connectivity index (χ4n) is 4.80. The number of benzene rings is 2. The average molecular weight is 483 g/mol. The second-order valence-electron chi connectivity index (χ2n) is 10.7. The number of aliphatic hydroxyl groups is 1. The number of H-pyrrole nitrogens is 1. The Kier molecular flexibility index (Phi) is 5.97. The topological polar surface area (TPSA) is 129 Å². The van der Waals surface area contributed by atoms with E-state index in [9.17, 15) is 19.8 Å². The Morgan fingerprint density at radius 2 is 1.80 bits per heavy atom. The number of phenols is 1. The van der Waals surface area contributed by atoms with Crippen molar-refractivity contribution in [3.63, 3.8) is 0 Å². The van der Waals surface area contributed by atoms with E-state index in [1.165, 1.54) is 12.1 Å². The maximum atomic E-state index is 13.0. The van der Waals surface area contributed by atoms with E-state index in [2.05, 4.69) is 29.5 Å². The van der Waals surface area contributed by atoms with Crippen molar-refractivity contribution in [3.05, 3.63) is 52.4 Å². The van der Waals surface area contributed by atoms with Gasteiger partial charge in [0.15, 0.2) is 6.61 Å². The van der Waals surface area contributed by atoms with E-state index in [1.54, 1.807) is 4.57 Å². The van der Waals surface area contributed by atoms with Crippen LogP contribution in [0.4, 0.5) is 5.69 Å². The zero-order chi connectivity index (χ0) is 25.8. The van der Waals surface area contributed by atoms with Crippen LogP contribution in [0.1, 0.15) is 53.2 Å². The van der Waals surface area contributed by atoms with Gasteiger partial charge in [0.05, 0.1) is 28.4 Å². The normalized spacial score (nSPS) is 15.5. The lowest BCUT2D eigenvalue weighted by atomic mass is 9.62. The fraction of sp³-hybridized carbons (Fsp3) is 0.462. The van der Waals surface area contributed by atoms with Crippen LogP contribution in [0.5, 0.6) is 11.5 Å². The SMILES string of the molecule is CC(C)(NCC(O)c1cc(O)cc2c1OCC(=O)N2)C(C)(C)C(C)(C)n1c(=O)[nH]c2ccccc21. The number of imidazole rings is 1. The number of aliphatic hydroxyl groups excluding tert-OH is 1. The van der Waals surface area contributed by atoms with E-state index in [0.29, 0.717) is 17.0 Å². The number of amides is 1. The molecule has 0 aliphatic carbocycles. The van der Waals surface area contributed by atoms with Crippen LogP contribution in [0.2, 0.25) is 0 Å². The third-order valence-electron chi connectivity index (χ3n) is 8.06. The quantitative estimate of drug-likeness (QED) is 0.352. The Bertz CT molecular complexity index is 1340. The van der Waals surface area contributed by atoms with Crippen molar-refractivity contribution >= 4 is 22.6 Å². The number of aromatic hydroxyl groups is 1. The zero-order valence-corrected chi connectivity index (χ0v) is 21.0. The molecule has 5 N–H and O–H groups in total. The number of ether oxygens (including phenoxy) is 1. The van der Waals surface area contributed by atoms with Crippen LogP contribution in [0, 0.1) is 5.41 Å². The minimum absolute atomic E-state index is 0.0805. The van der Waals surface area contributed by atoms with Crippen molar-refractivity contribution in [2.75, 3.05) is 18.5 Å². The summed E-state index contributed by atoms with van der Waals surface area (Å²) < 4.78 is 7.34. The molecule has 1 amide bonds. The lowest BCUT2D eigenvalue weighted by Gasteiger charge is -2.53. The van der Waals surface area contributed by atoms with Crippen molar-refractivity contribution in [2.45, 2.75) is 58.7 Å². The molecule has 0 fully saturated rings. The number of phenolic OH excluding ortho intramolecular Hbond substituents is 1. The molecule has 2 heterocycles. The van der Waals surface area contributed by atoms with E-state index in [0.717, 1.165) is 11.0 Å². The Morgan fingerprint density at radius 3 is 2.51 bits per heavy atom. The highest BCUT2D eigenvalue weighted by atomic mass is 16.5. The van der Waals surface area contributed by atoms with Gasteiger partial charge in [0.1, 0.15) is 11.5 Å². The van der Waals surface area contributed by atoms with Gasteiger partial charge < -0.3 is 30.6 Å². The number of nitrogens with zero attached hydrogens (tertiary/aromatic N) is 1. The number of nitrogens with one attached hydrogen (secondary N) is 3. The van der Waals surface area contributed by atoms with Gasteiger partial charge in [0.25, 0.3) is 5.91 Å². The van der Waals surface area contributed by atoms with Crippen LogP contribution < -0.4 is 21.1 Å². The van der Waals surface area contributed by atoms with E-state index in [1.807, 2.05) is 52.0 Å². The number of carbonyl (C=O) groups is 1. The van der Waals surface area contributed by atoms with Crippen molar-refractivity contribution < 1.29 is 19.7 Å². The number of aromatic amines is 1. The van der Waals surface area contributed by atoms with Gasteiger partial charge in [-0.2, -0.15) is 0 Å². The monoisotopic (exact) mass is 482 g/mol. The van der Waals surface area contributed by atoms with Crippen molar-refractivity contribution in [2.24, 2.45) is 5.41 Å². The standard InChI is InChI=1S/C26H34N4O5/c1-24(2,26(5,6)30-19-10-8-7-9-17(19)29-23(30)34)25(3,4)27-13-20(32)16-11-15(31)12-18-22(16)35-14-21(33)28-18/h7-12,20,27,31-32H,13-14H2,1-6H3,(H,28,33)(H,29,34). The molecule has 1 atom stereocenters. The lowest BCUT2D eigenvalue weighted by molar-refractivity contribution is -0.118. The first-order valence-electron chi connectivity index (χ1n) is 11.7. The minimum atomic E-state index is -1.01. The summed E-state index contributed by atoms with van der Waals surface area (Å²) in [5.41, 5.74) is 0.482. The van der Waals surface area contributed by atoms with Crippen LogP contribution in [-0.4, -0.2) is 44.4 Å². The van der Waals surface area contributed by atoms with Crippen LogP contribution in [0.25, 0.3) is 11.0 Å². The molecule has 0 saturated carbocycles.